The summed E-state index contributed by atoms with van der Waals surface area (Å²) in [6.45, 7) is -6.99. The van der Waals surface area contributed by atoms with Crippen molar-refractivity contribution in [1.29, 1.82) is 0 Å². The molecule has 0 aromatic carbocycles. The largest absolute Gasteiger partial charge is 0.394 e. The van der Waals surface area contributed by atoms with Crippen LogP contribution in [-0.4, -0.2) is 357 Å². The van der Waals surface area contributed by atoms with Crippen LogP contribution in [0.1, 0.15) is 6.42 Å². The molecule has 76 heavy (non-hydrogen) atoms. The molecule has 21 fully saturated rings. The molecule has 21 aliphatic rings. The molecule has 34 heteroatoms. The van der Waals surface area contributed by atoms with Crippen molar-refractivity contribution in [2.45, 2.75) is 215 Å². The van der Waals surface area contributed by atoms with Crippen molar-refractivity contribution < 1.29 is 168 Å². The van der Waals surface area contributed by atoms with Gasteiger partial charge in [0.1, 0.15) is 159 Å². The average Bonchev–Trinajstić information content (AvgIpc) is 3.42. The molecule has 0 aromatic rings. The summed E-state index contributed by atoms with van der Waals surface area (Å²) in [5, 5.41) is 219. The third kappa shape index (κ3) is 11.9. The molecule has 0 spiro atoms. The van der Waals surface area contributed by atoms with Crippen molar-refractivity contribution in [3.63, 3.8) is 0 Å². The number of rotatable bonds is 7. The summed E-state index contributed by atoms with van der Waals surface area (Å²) in [4.78, 5) is 0. The molecular weight excluding hydrogens is 1050 g/mol. The highest BCUT2D eigenvalue weighted by molar-refractivity contribution is 5.01. The van der Waals surface area contributed by atoms with E-state index in [1.807, 2.05) is 0 Å². The molecule has 0 saturated carbocycles. The molecule has 34 nitrogen and oxygen atoms in total. The maximum atomic E-state index is 11.3. The van der Waals surface area contributed by atoms with Crippen LogP contribution >= 0.6 is 0 Å². The van der Waals surface area contributed by atoms with Crippen molar-refractivity contribution in [3.8, 4) is 0 Å². The Hall–Kier alpha value is -1.36. The minimum Gasteiger partial charge on any atom is -0.394 e. The van der Waals surface area contributed by atoms with Crippen molar-refractivity contribution in [1.82, 2.24) is 0 Å². The first kappa shape index (κ1) is 60.7. The van der Waals surface area contributed by atoms with Crippen LogP contribution in [0.15, 0.2) is 0 Å². The van der Waals surface area contributed by atoms with Crippen LogP contribution in [-0.2, 0) is 66.3 Å². The zero-order valence-electron chi connectivity index (χ0n) is 39.9. The Morgan fingerprint density at radius 1 is 0.211 bits per heavy atom. The van der Waals surface area contributed by atoms with E-state index >= 15 is 0 Å². The second kappa shape index (κ2) is 25.8. The average molecular weight is 1120 g/mol. The highest BCUT2D eigenvalue weighted by Crippen LogP contribution is 2.38. The van der Waals surface area contributed by atoms with Gasteiger partial charge in [0.2, 0.25) is 0 Å². The number of ether oxygens (including phenoxy) is 14. The lowest BCUT2D eigenvalue weighted by Gasteiger charge is -2.50. The molecule has 34 atom stereocenters. The first-order chi connectivity index (χ1) is 36.2. The summed E-state index contributed by atoms with van der Waals surface area (Å²) in [5.41, 5.74) is 0. The van der Waals surface area contributed by atoms with Crippen LogP contribution in [0.3, 0.4) is 0 Å². The summed E-state index contributed by atoms with van der Waals surface area (Å²) in [6.07, 6.45) is -65.7. The fourth-order valence-corrected chi connectivity index (χ4v) is 10.4. The summed E-state index contributed by atoms with van der Waals surface area (Å²) >= 11 is 0. The minimum atomic E-state index is -2.19. The second-order valence-corrected chi connectivity index (χ2v) is 19.5. The lowest BCUT2D eigenvalue weighted by molar-refractivity contribution is -0.396. The molecule has 0 aromatic heterocycles. The Morgan fingerprint density at radius 2 is 0.395 bits per heavy atom. The molecule has 442 valence electrons. The summed E-state index contributed by atoms with van der Waals surface area (Å²) < 4.78 is 80.0. The van der Waals surface area contributed by atoms with E-state index in [2.05, 4.69) is 0 Å². The van der Waals surface area contributed by atoms with Gasteiger partial charge in [0, 0.05) is 6.42 Å². The molecule has 21 heterocycles. The van der Waals surface area contributed by atoms with Crippen molar-refractivity contribution in [2.75, 3.05) is 46.2 Å². The standard InChI is InChI=1S/C42H70O34/c43-2-10-30-9(50)1-17(63-10)70-31-11(3-44)64-38(24(57)18(31)51)72-33-13(5-46)66-40(26(59)20(33)53)74-35-15(7-48)68-42(28(61)22(35)55)76-36-16(8-49)69-41(29(62)23(36)56)75-34-14(6-47)67-39(27(60)21(34)54)73-32-12(4-45)65-37(71-30)25(58)19(32)52/h9-62H,1-8H2. The van der Waals surface area contributed by atoms with Crippen LogP contribution < -0.4 is 0 Å². The first-order valence-corrected chi connectivity index (χ1v) is 24.5. The van der Waals surface area contributed by atoms with E-state index in [4.69, 9.17) is 66.3 Å². The lowest BCUT2D eigenvalue weighted by atomic mass is 9.95. The molecule has 20 N–H and O–H groups in total. The minimum absolute atomic E-state index is 0.550. The molecule has 0 radical (unpaired) electrons. The maximum Gasteiger partial charge on any atom is 0.187 e. The molecule has 0 amide bonds. The highest BCUT2D eigenvalue weighted by Gasteiger charge is 2.59. The fraction of sp³-hybridized carbons (Fsp3) is 1.00. The SMILES string of the molecule is OCC1OC2CC(O)C1OC1OC(CO)C(OC3OC(CO)C(OC4OC(CO)C(OC5OC(CO)C(OC6OC(CO)C(OC7OC(CO)C(O2)C(O)C7O)C(O)C6O)C(O)C5O)C(O)C4O)C(O)C3O)C(O)C1O. The summed E-state index contributed by atoms with van der Waals surface area (Å²) in [7, 11) is 0. The topological polar surface area (TPSA) is 534 Å². The van der Waals surface area contributed by atoms with Crippen LogP contribution in [0, 0.1) is 0 Å². The van der Waals surface area contributed by atoms with Crippen molar-refractivity contribution >= 4 is 0 Å². The predicted molar refractivity (Wildman–Crippen MR) is 227 cm³/mol. The number of hydrogen-bond donors (Lipinski definition) is 20. The van der Waals surface area contributed by atoms with Gasteiger partial charge in [-0.1, -0.05) is 0 Å². The molecule has 21 rings (SSSR count). The van der Waals surface area contributed by atoms with Gasteiger partial charge in [-0.05, 0) is 0 Å². The van der Waals surface area contributed by atoms with Gasteiger partial charge < -0.3 is 168 Å². The Balaban J connectivity index is 1.07. The molecule has 21 saturated heterocycles. The Labute approximate surface area is 429 Å². The van der Waals surface area contributed by atoms with E-state index < -0.39 is 262 Å². The Kier molecular flexibility index (Phi) is 20.6. The highest BCUT2D eigenvalue weighted by atomic mass is 16.8. The van der Waals surface area contributed by atoms with Gasteiger partial charge in [0.05, 0.1) is 52.4 Å². The van der Waals surface area contributed by atoms with Crippen molar-refractivity contribution in [2.24, 2.45) is 0 Å². The van der Waals surface area contributed by atoms with Gasteiger partial charge in [-0.3, -0.25) is 0 Å². The van der Waals surface area contributed by atoms with Gasteiger partial charge in [-0.25, -0.2) is 0 Å². The van der Waals surface area contributed by atoms with Gasteiger partial charge in [-0.2, -0.15) is 0 Å². The van der Waals surface area contributed by atoms with E-state index in [0.717, 1.165) is 0 Å². The number of aliphatic hydroxyl groups is 20. The van der Waals surface area contributed by atoms with Crippen LogP contribution in [0.25, 0.3) is 0 Å². The predicted octanol–water partition coefficient (Wildman–Crippen LogP) is -14.2. The zero-order chi connectivity index (χ0) is 55.2. The molecule has 34 unspecified atom stereocenters. The fourth-order valence-electron chi connectivity index (χ4n) is 10.4. The smallest absolute Gasteiger partial charge is 0.187 e. The third-order valence-corrected chi connectivity index (χ3v) is 14.7. The quantitative estimate of drug-likeness (QED) is 0.113. The van der Waals surface area contributed by atoms with E-state index in [0.29, 0.717) is 0 Å². The van der Waals surface area contributed by atoms with E-state index in [1.54, 1.807) is 0 Å². The van der Waals surface area contributed by atoms with Crippen molar-refractivity contribution in [3.05, 3.63) is 0 Å². The number of hydrogen-bond acceptors (Lipinski definition) is 34. The van der Waals surface area contributed by atoms with Gasteiger partial charge >= 0.3 is 0 Å². The van der Waals surface area contributed by atoms with Gasteiger partial charge in [0.25, 0.3) is 0 Å². The Morgan fingerprint density at radius 3 is 0.605 bits per heavy atom. The Bertz CT molecular complexity index is 1790. The number of aliphatic hydroxyl groups excluding tert-OH is 20. The van der Waals surface area contributed by atoms with E-state index in [1.165, 1.54) is 0 Å². The maximum absolute atomic E-state index is 11.3. The van der Waals surface area contributed by atoms with Crippen LogP contribution in [0.5, 0.6) is 0 Å². The lowest BCUT2D eigenvalue weighted by Crippen LogP contribution is -2.68. The third-order valence-electron chi connectivity index (χ3n) is 14.7. The monoisotopic (exact) mass is 1120 g/mol. The molecule has 14 bridgehead atoms. The molecular formula is C42H70O34. The second-order valence-electron chi connectivity index (χ2n) is 19.5. The normalized spacial score (nSPS) is 54.9. The first-order valence-electron chi connectivity index (χ1n) is 24.5. The summed E-state index contributed by atoms with van der Waals surface area (Å²) in [5.74, 6) is 0. The summed E-state index contributed by atoms with van der Waals surface area (Å²) in [6, 6.07) is 0. The van der Waals surface area contributed by atoms with Gasteiger partial charge in [-0.15, -0.1) is 0 Å². The zero-order valence-corrected chi connectivity index (χ0v) is 39.9. The molecule has 21 aliphatic heterocycles. The van der Waals surface area contributed by atoms with E-state index in [9.17, 15) is 102 Å². The van der Waals surface area contributed by atoms with Crippen LogP contribution in [0.4, 0.5) is 0 Å². The van der Waals surface area contributed by atoms with Gasteiger partial charge in [0.15, 0.2) is 44.0 Å². The van der Waals surface area contributed by atoms with Crippen LogP contribution in [0.2, 0.25) is 0 Å². The van der Waals surface area contributed by atoms with E-state index in [-0.39, 0.29) is 0 Å². The molecule has 0 aliphatic carbocycles.